The largest absolute Gasteiger partial charge is 0.343 e. The van der Waals surface area contributed by atoms with E-state index in [1.165, 1.54) is 23.4 Å². The van der Waals surface area contributed by atoms with Gasteiger partial charge in [0.05, 0.1) is 11.9 Å². The number of nitrogens with one attached hydrogen (secondary N) is 1. The summed E-state index contributed by atoms with van der Waals surface area (Å²) in [4.78, 5) is 23.1. The van der Waals surface area contributed by atoms with Crippen LogP contribution in [-0.2, 0) is 14.8 Å². The van der Waals surface area contributed by atoms with Gasteiger partial charge in [-0.05, 0) is 37.1 Å². The minimum absolute atomic E-state index is 0.180. The van der Waals surface area contributed by atoms with Crippen LogP contribution in [0, 0.1) is 0 Å². The van der Waals surface area contributed by atoms with Crippen LogP contribution in [0.25, 0.3) is 5.82 Å². The molecule has 1 aromatic carbocycles. The van der Waals surface area contributed by atoms with Crippen LogP contribution in [0.5, 0.6) is 0 Å². The van der Waals surface area contributed by atoms with Crippen LogP contribution >= 0.6 is 0 Å². The Bertz CT molecular complexity index is 1240. The summed E-state index contributed by atoms with van der Waals surface area (Å²) in [5, 5.41) is 6.87. The van der Waals surface area contributed by atoms with Crippen LogP contribution in [0.1, 0.15) is 18.4 Å². The summed E-state index contributed by atoms with van der Waals surface area (Å²) >= 11 is 0. The third kappa shape index (κ3) is 3.12. The average molecular weight is 423 g/mol. The van der Waals surface area contributed by atoms with Crippen molar-refractivity contribution in [1.29, 1.82) is 0 Å². The molecular formula is C19H17N7O3S. The zero-order valence-electron chi connectivity index (χ0n) is 15.7. The molecule has 1 amide bonds. The third-order valence-corrected chi connectivity index (χ3v) is 6.43. The van der Waals surface area contributed by atoms with Crippen molar-refractivity contribution in [2.75, 3.05) is 11.9 Å². The normalized spacial score (nSPS) is 19.4. The first kappa shape index (κ1) is 18.4. The molecule has 1 atom stereocenters. The van der Waals surface area contributed by atoms with Gasteiger partial charge in [0, 0.05) is 12.1 Å². The molecule has 0 aliphatic carbocycles. The number of sulfonamides is 1. The number of hydrogen-bond donors (Lipinski definition) is 1. The summed E-state index contributed by atoms with van der Waals surface area (Å²) in [5.74, 6) is 0.685. The number of aromatic nitrogens is 4. The smallest absolute Gasteiger partial charge is 0.285 e. The molecule has 2 aromatic heterocycles. The summed E-state index contributed by atoms with van der Waals surface area (Å²) in [6.07, 6.45) is 5.86. The molecule has 0 radical (unpaired) electrons. The van der Waals surface area contributed by atoms with Crippen molar-refractivity contribution in [3.05, 3.63) is 60.8 Å². The highest BCUT2D eigenvalue weighted by Crippen LogP contribution is 2.31. The van der Waals surface area contributed by atoms with Crippen LogP contribution in [-0.4, -0.2) is 57.4 Å². The Morgan fingerprint density at radius 1 is 1.17 bits per heavy atom. The standard InChI is InChI=1S/C19H17N7O3S/c27-19(23-13-7-8-17(21-10-13)26-12-20-11-22-26)15-5-3-9-25(15)18-14-4-1-2-6-16(14)30(28,29)24-18/h1-2,4,6-8,10-12,15H,3,5,9H2,(H,23,27)/t15-/m0/s1. The fraction of sp³-hybridized carbons (Fsp3) is 0.211. The zero-order valence-corrected chi connectivity index (χ0v) is 16.5. The van der Waals surface area contributed by atoms with Gasteiger partial charge in [0.2, 0.25) is 5.91 Å². The van der Waals surface area contributed by atoms with Gasteiger partial charge in [-0.2, -0.15) is 13.5 Å². The second-order valence-corrected chi connectivity index (χ2v) is 8.54. The van der Waals surface area contributed by atoms with E-state index < -0.39 is 16.1 Å². The van der Waals surface area contributed by atoms with Gasteiger partial charge in [-0.1, -0.05) is 12.1 Å². The molecule has 3 aromatic rings. The number of hydrogen-bond acceptors (Lipinski definition) is 7. The van der Waals surface area contributed by atoms with E-state index in [9.17, 15) is 13.2 Å². The summed E-state index contributed by atoms with van der Waals surface area (Å²) in [6, 6.07) is 9.63. The second kappa shape index (κ2) is 7.02. The van der Waals surface area contributed by atoms with E-state index in [0.717, 1.165) is 6.42 Å². The Labute approximate surface area is 172 Å². The Balaban J connectivity index is 1.36. The SMILES string of the molecule is O=C(Nc1ccc(-n2cncn2)nc1)[C@@H]1CCCN1C1=NS(=O)(=O)c2ccccc21. The summed E-state index contributed by atoms with van der Waals surface area (Å²) in [6.45, 7) is 0.560. The van der Waals surface area contributed by atoms with Gasteiger partial charge >= 0.3 is 0 Å². The number of pyridine rings is 1. The molecule has 2 aliphatic heterocycles. The summed E-state index contributed by atoms with van der Waals surface area (Å²) < 4.78 is 30.2. The lowest BCUT2D eigenvalue weighted by molar-refractivity contribution is -0.119. The Morgan fingerprint density at radius 3 is 2.80 bits per heavy atom. The van der Waals surface area contributed by atoms with Crippen molar-refractivity contribution in [3.8, 4) is 5.82 Å². The number of anilines is 1. The van der Waals surface area contributed by atoms with E-state index in [2.05, 4.69) is 24.8 Å². The van der Waals surface area contributed by atoms with E-state index in [0.29, 0.717) is 35.9 Å². The molecule has 30 heavy (non-hydrogen) atoms. The monoisotopic (exact) mass is 423 g/mol. The highest BCUT2D eigenvalue weighted by atomic mass is 32.2. The molecule has 0 unspecified atom stereocenters. The summed E-state index contributed by atoms with van der Waals surface area (Å²) in [7, 11) is -3.74. The molecule has 5 rings (SSSR count). The molecule has 4 heterocycles. The summed E-state index contributed by atoms with van der Waals surface area (Å²) in [5.41, 5.74) is 1.08. The molecule has 1 fully saturated rings. The predicted molar refractivity (Wildman–Crippen MR) is 108 cm³/mol. The maximum Gasteiger partial charge on any atom is 0.285 e. The number of amides is 1. The van der Waals surface area contributed by atoms with Gasteiger partial charge in [-0.25, -0.2) is 14.6 Å². The molecule has 0 spiro atoms. The van der Waals surface area contributed by atoms with Crippen molar-refractivity contribution >= 4 is 27.5 Å². The number of amidine groups is 1. The van der Waals surface area contributed by atoms with Crippen molar-refractivity contribution in [2.24, 2.45) is 4.40 Å². The lowest BCUT2D eigenvalue weighted by Gasteiger charge is -2.25. The maximum absolute atomic E-state index is 13.0. The van der Waals surface area contributed by atoms with Crippen LogP contribution in [0.15, 0.2) is 64.5 Å². The molecule has 0 bridgehead atoms. The van der Waals surface area contributed by atoms with E-state index in [-0.39, 0.29) is 10.8 Å². The Morgan fingerprint density at radius 2 is 2.03 bits per heavy atom. The number of fused-ring (bicyclic) bond motifs is 1. The molecule has 10 nitrogen and oxygen atoms in total. The highest BCUT2D eigenvalue weighted by molar-refractivity contribution is 7.90. The molecule has 152 valence electrons. The van der Waals surface area contributed by atoms with Crippen LogP contribution in [0.3, 0.4) is 0 Å². The minimum Gasteiger partial charge on any atom is -0.343 e. The Hall–Kier alpha value is -3.60. The van der Waals surface area contributed by atoms with Crippen molar-refractivity contribution in [1.82, 2.24) is 24.6 Å². The molecular weight excluding hydrogens is 406 g/mol. The van der Waals surface area contributed by atoms with Crippen LogP contribution in [0.2, 0.25) is 0 Å². The van der Waals surface area contributed by atoms with E-state index >= 15 is 0 Å². The molecule has 11 heteroatoms. The van der Waals surface area contributed by atoms with Crippen molar-refractivity contribution in [2.45, 2.75) is 23.8 Å². The second-order valence-electron chi connectivity index (χ2n) is 6.97. The maximum atomic E-state index is 13.0. The molecule has 1 N–H and O–H groups in total. The Kier molecular flexibility index (Phi) is 4.31. The fourth-order valence-electron chi connectivity index (χ4n) is 3.74. The topological polar surface area (TPSA) is 122 Å². The number of rotatable bonds is 3. The van der Waals surface area contributed by atoms with Gasteiger partial charge in [-0.15, -0.1) is 4.40 Å². The molecule has 2 aliphatic rings. The fourth-order valence-corrected chi connectivity index (χ4v) is 4.95. The van der Waals surface area contributed by atoms with Crippen LogP contribution < -0.4 is 5.32 Å². The van der Waals surface area contributed by atoms with Gasteiger partial charge in [-0.3, -0.25) is 4.79 Å². The molecule has 1 saturated heterocycles. The average Bonchev–Trinajstić information content (AvgIpc) is 3.48. The minimum atomic E-state index is -3.74. The number of likely N-dealkylation sites (tertiary alicyclic amines) is 1. The van der Waals surface area contributed by atoms with Crippen molar-refractivity contribution in [3.63, 3.8) is 0 Å². The lowest BCUT2D eigenvalue weighted by Crippen LogP contribution is -2.43. The third-order valence-electron chi connectivity index (χ3n) is 5.11. The number of carbonyl (C=O) groups is 1. The predicted octanol–water partition coefficient (Wildman–Crippen LogP) is 1.21. The number of nitrogens with zero attached hydrogens (tertiary/aromatic N) is 6. The quantitative estimate of drug-likeness (QED) is 0.672. The first-order valence-corrected chi connectivity index (χ1v) is 10.8. The van der Waals surface area contributed by atoms with Gasteiger partial charge in [0.25, 0.3) is 10.0 Å². The van der Waals surface area contributed by atoms with Gasteiger partial charge in [0.1, 0.15) is 23.6 Å². The van der Waals surface area contributed by atoms with Gasteiger partial charge in [0.15, 0.2) is 11.7 Å². The first-order chi connectivity index (χ1) is 14.5. The number of carbonyl (C=O) groups excluding carboxylic acids is 1. The van der Waals surface area contributed by atoms with E-state index in [1.807, 2.05) is 0 Å². The van der Waals surface area contributed by atoms with Crippen LogP contribution in [0.4, 0.5) is 5.69 Å². The lowest BCUT2D eigenvalue weighted by atomic mass is 10.1. The van der Waals surface area contributed by atoms with E-state index in [4.69, 9.17) is 0 Å². The first-order valence-electron chi connectivity index (χ1n) is 9.36. The van der Waals surface area contributed by atoms with E-state index in [1.54, 1.807) is 41.4 Å². The highest BCUT2D eigenvalue weighted by Gasteiger charge is 2.39. The zero-order chi connectivity index (χ0) is 20.7. The van der Waals surface area contributed by atoms with Gasteiger partial charge < -0.3 is 10.2 Å². The van der Waals surface area contributed by atoms with Crippen molar-refractivity contribution < 1.29 is 13.2 Å². The molecule has 0 saturated carbocycles. The number of benzene rings is 1.